The number of rotatable bonds is 4. The minimum atomic E-state index is -0.375. The molecule has 1 aliphatic rings. The van der Waals surface area contributed by atoms with Gasteiger partial charge in [0.15, 0.2) is 0 Å². The first-order valence-corrected chi connectivity index (χ1v) is 6.33. The van der Waals surface area contributed by atoms with Crippen molar-refractivity contribution in [3.8, 4) is 0 Å². The Morgan fingerprint density at radius 1 is 1.29 bits per heavy atom. The number of carbonyl (C=O) groups excluding carboxylic acids is 1. The first-order valence-electron chi connectivity index (χ1n) is 6.33. The fourth-order valence-electron chi connectivity index (χ4n) is 2.57. The van der Waals surface area contributed by atoms with Crippen LogP contribution < -0.4 is 11.1 Å². The monoisotopic (exact) mass is 232 g/mol. The van der Waals surface area contributed by atoms with Gasteiger partial charge in [0, 0.05) is 17.3 Å². The summed E-state index contributed by atoms with van der Waals surface area (Å²) in [6, 6.07) is 7.88. The molecule has 1 amide bonds. The number of nitrogens with two attached hydrogens (primary N) is 1. The van der Waals surface area contributed by atoms with E-state index in [9.17, 15) is 4.79 Å². The molecule has 1 fully saturated rings. The zero-order valence-corrected chi connectivity index (χ0v) is 10.3. The molecule has 0 saturated heterocycles. The predicted molar refractivity (Wildman–Crippen MR) is 70.0 cm³/mol. The Morgan fingerprint density at radius 3 is 2.41 bits per heavy atom. The number of hydrogen-bond acceptors (Lipinski definition) is 2. The molecule has 0 radical (unpaired) electrons. The van der Waals surface area contributed by atoms with E-state index in [1.165, 1.54) is 25.7 Å². The third kappa shape index (κ3) is 2.99. The van der Waals surface area contributed by atoms with Crippen molar-refractivity contribution in [2.45, 2.75) is 38.6 Å². The highest BCUT2D eigenvalue weighted by molar-refractivity contribution is 5.93. The maximum Gasteiger partial charge on any atom is 0.248 e. The van der Waals surface area contributed by atoms with Crippen LogP contribution in [0, 0.1) is 5.92 Å². The molecule has 1 aromatic carbocycles. The van der Waals surface area contributed by atoms with Crippen LogP contribution >= 0.6 is 0 Å². The summed E-state index contributed by atoms with van der Waals surface area (Å²) in [5, 5.41) is 3.50. The molecule has 17 heavy (non-hydrogen) atoms. The summed E-state index contributed by atoms with van der Waals surface area (Å²) in [7, 11) is 0. The number of carbonyl (C=O) groups is 1. The molecule has 0 aliphatic heterocycles. The number of nitrogens with one attached hydrogen (secondary N) is 1. The molecule has 3 heteroatoms. The summed E-state index contributed by atoms with van der Waals surface area (Å²) in [4.78, 5) is 10.9. The first-order chi connectivity index (χ1) is 8.16. The van der Waals surface area contributed by atoms with E-state index in [0.717, 1.165) is 11.6 Å². The molecule has 1 aliphatic carbocycles. The quantitative estimate of drug-likeness (QED) is 0.838. The zero-order valence-electron chi connectivity index (χ0n) is 10.3. The third-order valence-electron chi connectivity index (χ3n) is 3.67. The summed E-state index contributed by atoms with van der Waals surface area (Å²) in [6.45, 7) is 2.23. The van der Waals surface area contributed by atoms with Crippen LogP contribution in [0.4, 0.5) is 5.69 Å². The SMILES string of the molecule is CC(Nc1ccc(C(N)=O)cc1)C1CCCC1. The maximum absolute atomic E-state index is 10.9. The lowest BCUT2D eigenvalue weighted by atomic mass is 9.99. The molecule has 2 rings (SSSR count). The van der Waals surface area contributed by atoms with E-state index in [1.807, 2.05) is 12.1 Å². The van der Waals surface area contributed by atoms with E-state index in [0.29, 0.717) is 11.6 Å². The summed E-state index contributed by atoms with van der Waals surface area (Å²) >= 11 is 0. The second-order valence-corrected chi connectivity index (χ2v) is 4.92. The summed E-state index contributed by atoms with van der Waals surface area (Å²) in [5.41, 5.74) is 6.83. The van der Waals surface area contributed by atoms with E-state index in [-0.39, 0.29) is 5.91 Å². The van der Waals surface area contributed by atoms with Gasteiger partial charge in [-0.05, 0) is 49.9 Å². The van der Waals surface area contributed by atoms with Gasteiger partial charge < -0.3 is 11.1 Å². The first kappa shape index (κ1) is 12.0. The Labute approximate surface area is 102 Å². The van der Waals surface area contributed by atoms with Crippen molar-refractivity contribution in [2.75, 3.05) is 5.32 Å². The Kier molecular flexibility index (Phi) is 3.67. The number of anilines is 1. The second-order valence-electron chi connectivity index (χ2n) is 4.92. The molecule has 0 aromatic heterocycles. The largest absolute Gasteiger partial charge is 0.382 e. The topological polar surface area (TPSA) is 55.1 Å². The van der Waals surface area contributed by atoms with Crippen molar-refractivity contribution in [1.82, 2.24) is 0 Å². The fourth-order valence-corrected chi connectivity index (χ4v) is 2.57. The van der Waals surface area contributed by atoms with Crippen LogP contribution in [0.5, 0.6) is 0 Å². The predicted octanol–water partition coefficient (Wildman–Crippen LogP) is 2.78. The fraction of sp³-hybridized carbons (Fsp3) is 0.500. The molecule has 1 aromatic rings. The minimum absolute atomic E-state index is 0.375. The van der Waals surface area contributed by atoms with Gasteiger partial charge in [0.25, 0.3) is 0 Å². The standard InChI is InChI=1S/C14H20N2O/c1-10(11-4-2-3-5-11)16-13-8-6-12(7-9-13)14(15)17/h6-11,16H,2-5H2,1H3,(H2,15,17). The van der Waals surface area contributed by atoms with Gasteiger partial charge in [-0.15, -0.1) is 0 Å². The van der Waals surface area contributed by atoms with Gasteiger partial charge in [-0.2, -0.15) is 0 Å². The summed E-state index contributed by atoms with van der Waals surface area (Å²) in [5.74, 6) is 0.409. The lowest BCUT2D eigenvalue weighted by Crippen LogP contribution is -2.23. The Hall–Kier alpha value is -1.51. The Morgan fingerprint density at radius 2 is 1.88 bits per heavy atom. The van der Waals surface area contributed by atoms with Gasteiger partial charge in [-0.3, -0.25) is 4.79 Å². The molecular formula is C14H20N2O. The zero-order chi connectivity index (χ0) is 12.3. The van der Waals surface area contributed by atoms with E-state index >= 15 is 0 Å². The van der Waals surface area contributed by atoms with Gasteiger partial charge in [0.1, 0.15) is 0 Å². The number of amides is 1. The van der Waals surface area contributed by atoms with Crippen molar-refractivity contribution in [3.63, 3.8) is 0 Å². The van der Waals surface area contributed by atoms with Crippen LogP contribution in [-0.2, 0) is 0 Å². The molecule has 1 atom stereocenters. The molecular weight excluding hydrogens is 212 g/mol. The van der Waals surface area contributed by atoms with Crippen LogP contribution in [0.25, 0.3) is 0 Å². The molecule has 3 N–H and O–H groups in total. The second kappa shape index (κ2) is 5.21. The van der Waals surface area contributed by atoms with E-state index in [4.69, 9.17) is 5.73 Å². The third-order valence-corrected chi connectivity index (χ3v) is 3.67. The lowest BCUT2D eigenvalue weighted by molar-refractivity contribution is 0.100. The van der Waals surface area contributed by atoms with Crippen molar-refractivity contribution >= 4 is 11.6 Å². The molecule has 3 nitrogen and oxygen atoms in total. The van der Waals surface area contributed by atoms with Crippen molar-refractivity contribution < 1.29 is 4.79 Å². The van der Waals surface area contributed by atoms with Gasteiger partial charge in [0.05, 0.1) is 0 Å². The van der Waals surface area contributed by atoms with Crippen LogP contribution in [0.1, 0.15) is 43.0 Å². The molecule has 0 heterocycles. The number of benzene rings is 1. The summed E-state index contributed by atoms with van der Waals surface area (Å²) in [6.07, 6.45) is 5.37. The van der Waals surface area contributed by atoms with E-state index in [1.54, 1.807) is 12.1 Å². The van der Waals surface area contributed by atoms with Gasteiger partial charge >= 0.3 is 0 Å². The highest BCUT2D eigenvalue weighted by Crippen LogP contribution is 2.29. The van der Waals surface area contributed by atoms with Crippen LogP contribution in [0.15, 0.2) is 24.3 Å². The normalized spacial score (nSPS) is 17.9. The van der Waals surface area contributed by atoms with Crippen LogP contribution in [-0.4, -0.2) is 11.9 Å². The van der Waals surface area contributed by atoms with Crippen molar-refractivity contribution in [1.29, 1.82) is 0 Å². The van der Waals surface area contributed by atoms with Crippen LogP contribution in [0.3, 0.4) is 0 Å². The number of hydrogen-bond donors (Lipinski definition) is 2. The average molecular weight is 232 g/mol. The van der Waals surface area contributed by atoms with Gasteiger partial charge in [-0.25, -0.2) is 0 Å². The Bertz CT molecular complexity index is 380. The molecule has 1 unspecified atom stereocenters. The minimum Gasteiger partial charge on any atom is -0.382 e. The smallest absolute Gasteiger partial charge is 0.248 e. The summed E-state index contributed by atoms with van der Waals surface area (Å²) < 4.78 is 0. The maximum atomic E-state index is 10.9. The van der Waals surface area contributed by atoms with Crippen LogP contribution in [0.2, 0.25) is 0 Å². The molecule has 0 spiro atoms. The average Bonchev–Trinajstić information content (AvgIpc) is 2.83. The van der Waals surface area contributed by atoms with Crippen molar-refractivity contribution in [3.05, 3.63) is 29.8 Å². The lowest BCUT2D eigenvalue weighted by Gasteiger charge is -2.21. The van der Waals surface area contributed by atoms with E-state index < -0.39 is 0 Å². The molecule has 92 valence electrons. The van der Waals surface area contributed by atoms with Gasteiger partial charge in [-0.1, -0.05) is 12.8 Å². The number of primary amides is 1. The Balaban J connectivity index is 1.96. The van der Waals surface area contributed by atoms with Gasteiger partial charge in [0.2, 0.25) is 5.91 Å². The molecule has 0 bridgehead atoms. The molecule has 1 saturated carbocycles. The highest BCUT2D eigenvalue weighted by atomic mass is 16.1. The highest BCUT2D eigenvalue weighted by Gasteiger charge is 2.21. The van der Waals surface area contributed by atoms with E-state index in [2.05, 4.69) is 12.2 Å². The van der Waals surface area contributed by atoms with Crippen molar-refractivity contribution in [2.24, 2.45) is 11.7 Å².